The Kier molecular flexibility index (Phi) is 9.04. The number of nitrogens with zero attached hydrogens (tertiary/aromatic N) is 1. The van der Waals surface area contributed by atoms with Crippen molar-refractivity contribution in [3.05, 3.63) is 18.0 Å². The largest absolute Gasteiger partial charge is 0.493 e. The summed E-state index contributed by atoms with van der Waals surface area (Å²) in [7, 11) is 1.34. The number of carbonyl (C=O) groups excluding carboxylic acids is 4. The van der Waals surface area contributed by atoms with Crippen LogP contribution in [0.3, 0.4) is 0 Å². The predicted molar refractivity (Wildman–Crippen MR) is 100 cm³/mol. The van der Waals surface area contributed by atoms with Crippen LogP contribution in [-0.4, -0.2) is 54.7 Å². The molecular weight excluding hydrogens is 384 g/mol. The number of rotatable bonds is 9. The molecule has 0 spiro atoms. The highest BCUT2D eigenvalue weighted by Crippen LogP contribution is 2.29. The molecule has 1 N–H and O–H groups in total. The molecule has 0 aliphatic carbocycles. The van der Waals surface area contributed by atoms with Gasteiger partial charge in [-0.3, -0.25) is 14.4 Å². The summed E-state index contributed by atoms with van der Waals surface area (Å²) < 4.78 is 20.2. The van der Waals surface area contributed by atoms with Crippen LogP contribution in [0.2, 0.25) is 0 Å². The van der Waals surface area contributed by atoms with E-state index in [1.165, 1.54) is 33.2 Å². The monoisotopic (exact) mass is 410 g/mol. The Labute approximate surface area is 168 Å². The number of esters is 3. The molecule has 1 amide bonds. The minimum atomic E-state index is -1.04. The SMILES string of the molecule is COc1ccnc(C(=O)N[C@@H](C)C(=O)O[C@@H](C)COC(=O)C(C)C)c1OC(C)=O. The highest BCUT2D eigenvalue weighted by atomic mass is 16.6. The molecule has 160 valence electrons. The second-order valence-corrected chi connectivity index (χ2v) is 6.51. The van der Waals surface area contributed by atoms with E-state index >= 15 is 0 Å². The normalized spacial score (nSPS) is 12.5. The van der Waals surface area contributed by atoms with Gasteiger partial charge in [0, 0.05) is 19.2 Å². The Bertz CT molecular complexity index is 763. The van der Waals surface area contributed by atoms with Crippen molar-refractivity contribution in [2.24, 2.45) is 5.92 Å². The van der Waals surface area contributed by atoms with E-state index in [4.69, 9.17) is 18.9 Å². The zero-order chi connectivity index (χ0) is 22.1. The second kappa shape index (κ2) is 11.0. The third kappa shape index (κ3) is 7.40. The van der Waals surface area contributed by atoms with Crippen molar-refractivity contribution >= 4 is 23.8 Å². The highest BCUT2D eigenvalue weighted by molar-refractivity contribution is 5.98. The summed E-state index contributed by atoms with van der Waals surface area (Å²) in [6.45, 7) is 7.42. The van der Waals surface area contributed by atoms with Gasteiger partial charge in [0.15, 0.2) is 11.4 Å². The molecule has 0 saturated heterocycles. The van der Waals surface area contributed by atoms with Gasteiger partial charge in [-0.2, -0.15) is 0 Å². The van der Waals surface area contributed by atoms with Crippen molar-refractivity contribution < 1.29 is 38.1 Å². The molecule has 29 heavy (non-hydrogen) atoms. The maximum absolute atomic E-state index is 12.5. The van der Waals surface area contributed by atoms with Crippen LogP contribution in [-0.2, 0) is 23.9 Å². The van der Waals surface area contributed by atoms with Crippen molar-refractivity contribution in [1.29, 1.82) is 0 Å². The van der Waals surface area contributed by atoms with Gasteiger partial charge in [0.1, 0.15) is 18.8 Å². The number of hydrogen-bond donors (Lipinski definition) is 1. The number of ether oxygens (including phenoxy) is 4. The number of amides is 1. The Hall–Kier alpha value is -3.17. The molecule has 1 rings (SSSR count). The Balaban J connectivity index is 2.75. The quantitative estimate of drug-likeness (QED) is 0.598. The lowest BCUT2D eigenvalue weighted by Gasteiger charge is -2.18. The maximum Gasteiger partial charge on any atom is 0.328 e. The van der Waals surface area contributed by atoms with Crippen molar-refractivity contribution in [3.8, 4) is 11.5 Å². The van der Waals surface area contributed by atoms with Gasteiger partial charge >= 0.3 is 17.9 Å². The van der Waals surface area contributed by atoms with Crippen LogP contribution in [0.4, 0.5) is 0 Å². The average molecular weight is 410 g/mol. The number of pyridine rings is 1. The van der Waals surface area contributed by atoms with Gasteiger partial charge in [-0.05, 0) is 13.8 Å². The molecule has 0 saturated carbocycles. The van der Waals surface area contributed by atoms with Gasteiger partial charge in [0.05, 0.1) is 13.0 Å². The summed E-state index contributed by atoms with van der Waals surface area (Å²) in [5, 5.41) is 2.42. The first-order chi connectivity index (χ1) is 13.6. The first kappa shape index (κ1) is 23.9. The maximum atomic E-state index is 12.5. The van der Waals surface area contributed by atoms with Crippen LogP contribution in [0.1, 0.15) is 45.1 Å². The first-order valence-electron chi connectivity index (χ1n) is 8.96. The van der Waals surface area contributed by atoms with Crippen LogP contribution in [0.25, 0.3) is 0 Å². The molecule has 1 heterocycles. The van der Waals surface area contributed by atoms with E-state index < -0.39 is 36.0 Å². The summed E-state index contributed by atoms with van der Waals surface area (Å²) in [6.07, 6.45) is 0.602. The fraction of sp³-hybridized carbons (Fsp3) is 0.526. The molecule has 2 atom stereocenters. The molecule has 0 unspecified atom stereocenters. The molecule has 0 aliphatic rings. The Morgan fingerprint density at radius 3 is 2.31 bits per heavy atom. The molecule has 1 aromatic rings. The van der Waals surface area contributed by atoms with Crippen LogP contribution in [0.5, 0.6) is 11.5 Å². The highest BCUT2D eigenvalue weighted by Gasteiger charge is 2.25. The minimum Gasteiger partial charge on any atom is -0.493 e. The average Bonchev–Trinajstić information content (AvgIpc) is 2.65. The van der Waals surface area contributed by atoms with E-state index in [1.54, 1.807) is 20.8 Å². The van der Waals surface area contributed by atoms with E-state index in [-0.39, 0.29) is 29.7 Å². The molecule has 0 aromatic carbocycles. The number of aromatic nitrogens is 1. The summed E-state index contributed by atoms with van der Waals surface area (Å²) in [4.78, 5) is 51.4. The smallest absolute Gasteiger partial charge is 0.328 e. The summed E-state index contributed by atoms with van der Waals surface area (Å²) >= 11 is 0. The number of methoxy groups -OCH3 is 1. The summed E-state index contributed by atoms with van der Waals surface area (Å²) in [5.74, 6) is -2.88. The summed E-state index contributed by atoms with van der Waals surface area (Å²) in [6, 6.07) is 0.385. The van der Waals surface area contributed by atoms with Gasteiger partial charge < -0.3 is 24.3 Å². The predicted octanol–water partition coefficient (Wildman–Crippen LogP) is 1.26. The molecule has 0 radical (unpaired) electrons. The lowest BCUT2D eigenvalue weighted by molar-refractivity contribution is -0.160. The van der Waals surface area contributed by atoms with Crippen molar-refractivity contribution in [1.82, 2.24) is 10.3 Å². The van der Waals surface area contributed by atoms with Gasteiger partial charge in [0.2, 0.25) is 5.75 Å². The molecule has 0 aliphatic heterocycles. The van der Waals surface area contributed by atoms with E-state index in [1.807, 2.05) is 0 Å². The second-order valence-electron chi connectivity index (χ2n) is 6.51. The number of carbonyl (C=O) groups is 4. The zero-order valence-electron chi connectivity index (χ0n) is 17.3. The van der Waals surface area contributed by atoms with Crippen LogP contribution < -0.4 is 14.8 Å². The van der Waals surface area contributed by atoms with Crippen LogP contribution >= 0.6 is 0 Å². The standard InChI is InChI=1S/C19H26N2O8/c1-10(2)18(24)27-9-11(3)28-19(25)12(4)21-17(23)15-16(29-13(5)22)14(26-6)7-8-20-15/h7-8,10-12H,9H2,1-6H3,(H,21,23)/t11-,12-/m0/s1. The first-order valence-corrected chi connectivity index (χ1v) is 8.96. The van der Waals surface area contributed by atoms with Gasteiger partial charge in [0.25, 0.3) is 5.91 Å². The van der Waals surface area contributed by atoms with E-state index in [9.17, 15) is 19.2 Å². The summed E-state index contributed by atoms with van der Waals surface area (Å²) in [5.41, 5.74) is -0.224. The Morgan fingerprint density at radius 1 is 1.10 bits per heavy atom. The van der Waals surface area contributed by atoms with Crippen LogP contribution in [0, 0.1) is 5.92 Å². The lowest BCUT2D eigenvalue weighted by atomic mass is 10.2. The molecule has 10 heteroatoms. The van der Waals surface area contributed by atoms with Gasteiger partial charge in [-0.25, -0.2) is 9.78 Å². The lowest BCUT2D eigenvalue weighted by Crippen LogP contribution is -2.41. The third-order valence-electron chi connectivity index (χ3n) is 3.50. The fourth-order valence-electron chi connectivity index (χ4n) is 2.02. The van der Waals surface area contributed by atoms with Gasteiger partial charge in [-0.15, -0.1) is 0 Å². The van der Waals surface area contributed by atoms with Crippen molar-refractivity contribution in [2.45, 2.75) is 46.8 Å². The number of nitrogens with one attached hydrogen (secondary N) is 1. The molecule has 0 fully saturated rings. The van der Waals surface area contributed by atoms with Gasteiger partial charge in [-0.1, -0.05) is 13.8 Å². The van der Waals surface area contributed by atoms with Crippen molar-refractivity contribution in [2.75, 3.05) is 13.7 Å². The van der Waals surface area contributed by atoms with E-state index in [0.717, 1.165) is 0 Å². The topological polar surface area (TPSA) is 130 Å². The molecular formula is C19H26N2O8. The third-order valence-corrected chi connectivity index (χ3v) is 3.50. The van der Waals surface area contributed by atoms with E-state index in [0.29, 0.717) is 0 Å². The molecule has 10 nitrogen and oxygen atoms in total. The van der Waals surface area contributed by atoms with E-state index in [2.05, 4.69) is 10.3 Å². The molecule has 0 bridgehead atoms. The zero-order valence-corrected chi connectivity index (χ0v) is 17.3. The van der Waals surface area contributed by atoms with Crippen LogP contribution in [0.15, 0.2) is 12.3 Å². The Morgan fingerprint density at radius 2 is 1.76 bits per heavy atom. The molecule has 1 aromatic heterocycles. The fourth-order valence-corrected chi connectivity index (χ4v) is 2.02. The van der Waals surface area contributed by atoms with Crippen molar-refractivity contribution in [3.63, 3.8) is 0 Å². The number of hydrogen-bond acceptors (Lipinski definition) is 9. The minimum absolute atomic E-state index is 0.0997.